The molecule has 0 saturated heterocycles. The maximum Gasteiger partial charge on any atom is 0.259 e. The zero-order valence-corrected chi connectivity index (χ0v) is 14.8. The molecule has 0 atom stereocenters. The third-order valence-corrected chi connectivity index (χ3v) is 4.19. The zero-order valence-electron chi connectivity index (χ0n) is 14.8. The number of aryl methyl sites for hydroxylation is 1. The van der Waals surface area contributed by atoms with E-state index in [2.05, 4.69) is 10.3 Å². The summed E-state index contributed by atoms with van der Waals surface area (Å²) in [5, 5.41) is 7.59. The van der Waals surface area contributed by atoms with E-state index in [4.69, 9.17) is 5.10 Å². The molecule has 2 aromatic carbocycles. The SMILES string of the molecule is Cc1cccc(-c2nn(-c3ccccc3)cc2C(=O)Nc2cccnc2)c1. The molecule has 1 N–H and O–H groups in total. The quantitative estimate of drug-likeness (QED) is 0.587. The minimum absolute atomic E-state index is 0.221. The van der Waals surface area contributed by atoms with Crippen LogP contribution >= 0.6 is 0 Å². The lowest BCUT2D eigenvalue weighted by molar-refractivity contribution is 0.102. The molecule has 0 unspecified atom stereocenters. The third kappa shape index (κ3) is 3.62. The maximum absolute atomic E-state index is 12.9. The molecule has 0 aliphatic rings. The second-order valence-electron chi connectivity index (χ2n) is 6.24. The van der Waals surface area contributed by atoms with Crippen LogP contribution in [0.2, 0.25) is 0 Å². The predicted octanol–water partition coefficient (Wildman–Crippen LogP) is 4.50. The van der Waals surface area contributed by atoms with E-state index in [1.54, 1.807) is 35.4 Å². The fourth-order valence-corrected chi connectivity index (χ4v) is 2.89. The standard InChI is InChI=1S/C22H18N4O/c1-16-7-5-8-17(13-16)21-20(22(27)24-18-9-6-12-23-14-18)15-26(25-21)19-10-3-2-4-11-19/h2-15H,1H3,(H,24,27). The van der Waals surface area contributed by atoms with Gasteiger partial charge in [0.2, 0.25) is 0 Å². The van der Waals surface area contributed by atoms with Crippen LogP contribution in [0.25, 0.3) is 16.9 Å². The number of rotatable bonds is 4. The number of aromatic nitrogens is 3. The van der Waals surface area contributed by atoms with Gasteiger partial charge in [-0.25, -0.2) is 4.68 Å². The highest BCUT2D eigenvalue weighted by Gasteiger charge is 2.19. The van der Waals surface area contributed by atoms with E-state index in [1.165, 1.54) is 0 Å². The second kappa shape index (κ2) is 7.25. The van der Waals surface area contributed by atoms with Crippen LogP contribution in [-0.4, -0.2) is 20.7 Å². The Hall–Kier alpha value is -3.73. The van der Waals surface area contributed by atoms with Crippen LogP contribution in [0.15, 0.2) is 85.3 Å². The van der Waals surface area contributed by atoms with Crippen LogP contribution in [0.1, 0.15) is 15.9 Å². The van der Waals surface area contributed by atoms with Crippen LogP contribution in [0.5, 0.6) is 0 Å². The largest absolute Gasteiger partial charge is 0.320 e. The van der Waals surface area contributed by atoms with Crippen LogP contribution in [0.3, 0.4) is 0 Å². The van der Waals surface area contributed by atoms with Crippen molar-refractivity contribution in [1.82, 2.24) is 14.8 Å². The number of hydrogen-bond acceptors (Lipinski definition) is 3. The molecular weight excluding hydrogens is 336 g/mol. The molecule has 0 spiro atoms. The van der Waals surface area contributed by atoms with Gasteiger partial charge < -0.3 is 5.32 Å². The Morgan fingerprint density at radius 2 is 1.85 bits per heavy atom. The number of hydrogen-bond donors (Lipinski definition) is 1. The normalized spacial score (nSPS) is 10.6. The predicted molar refractivity (Wildman–Crippen MR) is 106 cm³/mol. The molecule has 0 aliphatic heterocycles. The Balaban J connectivity index is 1.78. The van der Waals surface area contributed by atoms with Gasteiger partial charge in [0.05, 0.1) is 23.1 Å². The smallest absolute Gasteiger partial charge is 0.259 e. The van der Waals surface area contributed by atoms with Crippen molar-refractivity contribution in [3.05, 3.63) is 96.4 Å². The molecule has 0 radical (unpaired) electrons. The van der Waals surface area contributed by atoms with Gasteiger partial charge in [-0.15, -0.1) is 0 Å². The molecule has 27 heavy (non-hydrogen) atoms. The van der Waals surface area contributed by atoms with E-state index in [-0.39, 0.29) is 5.91 Å². The molecule has 132 valence electrons. The lowest BCUT2D eigenvalue weighted by atomic mass is 10.1. The number of para-hydroxylation sites is 1. The molecule has 5 nitrogen and oxygen atoms in total. The minimum Gasteiger partial charge on any atom is -0.320 e. The van der Waals surface area contributed by atoms with Crippen molar-refractivity contribution in [3.63, 3.8) is 0 Å². The van der Waals surface area contributed by atoms with Gasteiger partial charge in [0.1, 0.15) is 5.69 Å². The number of carbonyl (C=O) groups excluding carboxylic acids is 1. The van der Waals surface area contributed by atoms with E-state index in [0.717, 1.165) is 16.8 Å². The first-order chi connectivity index (χ1) is 13.2. The summed E-state index contributed by atoms with van der Waals surface area (Å²) in [5.41, 5.74) is 4.70. The van der Waals surface area contributed by atoms with Crippen LogP contribution in [0.4, 0.5) is 5.69 Å². The van der Waals surface area contributed by atoms with Gasteiger partial charge in [-0.1, -0.05) is 42.0 Å². The molecule has 0 fully saturated rings. The monoisotopic (exact) mass is 354 g/mol. The van der Waals surface area contributed by atoms with Crippen molar-refractivity contribution in [3.8, 4) is 16.9 Å². The van der Waals surface area contributed by atoms with E-state index >= 15 is 0 Å². The Morgan fingerprint density at radius 3 is 2.59 bits per heavy atom. The van der Waals surface area contributed by atoms with Crippen molar-refractivity contribution in [2.45, 2.75) is 6.92 Å². The van der Waals surface area contributed by atoms with Crippen LogP contribution in [0, 0.1) is 6.92 Å². The highest BCUT2D eigenvalue weighted by Crippen LogP contribution is 2.25. The molecule has 1 amide bonds. The van der Waals surface area contributed by atoms with Gasteiger partial charge in [0, 0.05) is 18.0 Å². The zero-order chi connectivity index (χ0) is 18.6. The Kier molecular flexibility index (Phi) is 4.49. The molecule has 4 rings (SSSR count). The highest BCUT2D eigenvalue weighted by atomic mass is 16.1. The first kappa shape index (κ1) is 16.7. The summed E-state index contributed by atoms with van der Waals surface area (Å²) < 4.78 is 1.73. The second-order valence-corrected chi connectivity index (χ2v) is 6.24. The molecule has 0 saturated carbocycles. The van der Waals surface area contributed by atoms with Gasteiger partial charge in [-0.05, 0) is 37.3 Å². The number of benzene rings is 2. The van der Waals surface area contributed by atoms with Crippen LogP contribution in [-0.2, 0) is 0 Å². The number of anilines is 1. The Labute approximate surface area is 157 Å². The lowest BCUT2D eigenvalue weighted by Gasteiger charge is -2.05. The first-order valence-corrected chi connectivity index (χ1v) is 8.64. The van der Waals surface area contributed by atoms with Crippen molar-refractivity contribution >= 4 is 11.6 Å². The maximum atomic E-state index is 12.9. The Bertz CT molecular complexity index is 1070. The number of carbonyl (C=O) groups is 1. The molecule has 2 aromatic heterocycles. The molecule has 5 heteroatoms. The number of nitrogens with zero attached hydrogens (tertiary/aromatic N) is 3. The summed E-state index contributed by atoms with van der Waals surface area (Å²) in [5.74, 6) is -0.221. The summed E-state index contributed by atoms with van der Waals surface area (Å²) in [6.07, 6.45) is 5.05. The average Bonchev–Trinajstić information content (AvgIpc) is 3.15. The Morgan fingerprint density at radius 1 is 1.00 bits per heavy atom. The summed E-state index contributed by atoms with van der Waals surface area (Å²) in [4.78, 5) is 17.0. The summed E-state index contributed by atoms with van der Waals surface area (Å²) in [6, 6.07) is 21.3. The fourth-order valence-electron chi connectivity index (χ4n) is 2.89. The van der Waals surface area contributed by atoms with Gasteiger partial charge in [-0.3, -0.25) is 9.78 Å². The van der Waals surface area contributed by atoms with Crippen molar-refractivity contribution in [1.29, 1.82) is 0 Å². The van der Waals surface area contributed by atoms with E-state index in [9.17, 15) is 4.79 Å². The fraction of sp³-hybridized carbons (Fsp3) is 0.0455. The summed E-state index contributed by atoms with van der Waals surface area (Å²) in [6.45, 7) is 2.02. The molecule has 0 aliphatic carbocycles. The molecular formula is C22H18N4O. The number of nitrogens with one attached hydrogen (secondary N) is 1. The van der Waals surface area contributed by atoms with Crippen molar-refractivity contribution in [2.24, 2.45) is 0 Å². The lowest BCUT2D eigenvalue weighted by Crippen LogP contribution is -2.12. The van der Waals surface area contributed by atoms with E-state index in [0.29, 0.717) is 16.9 Å². The van der Waals surface area contributed by atoms with Crippen molar-refractivity contribution < 1.29 is 4.79 Å². The van der Waals surface area contributed by atoms with Crippen molar-refractivity contribution in [2.75, 3.05) is 5.32 Å². The number of pyridine rings is 1. The highest BCUT2D eigenvalue weighted by molar-refractivity contribution is 6.08. The van der Waals surface area contributed by atoms with Gasteiger partial charge >= 0.3 is 0 Å². The first-order valence-electron chi connectivity index (χ1n) is 8.64. The van der Waals surface area contributed by atoms with Gasteiger partial charge in [-0.2, -0.15) is 5.10 Å². The summed E-state index contributed by atoms with van der Waals surface area (Å²) >= 11 is 0. The van der Waals surface area contributed by atoms with Gasteiger partial charge in [0.15, 0.2) is 0 Å². The van der Waals surface area contributed by atoms with E-state index < -0.39 is 0 Å². The number of amides is 1. The van der Waals surface area contributed by atoms with Gasteiger partial charge in [0.25, 0.3) is 5.91 Å². The molecule has 4 aromatic rings. The molecule has 0 bridgehead atoms. The average molecular weight is 354 g/mol. The molecule has 2 heterocycles. The van der Waals surface area contributed by atoms with E-state index in [1.807, 2.05) is 61.5 Å². The third-order valence-electron chi connectivity index (χ3n) is 4.19. The van der Waals surface area contributed by atoms with Crippen LogP contribution < -0.4 is 5.32 Å². The summed E-state index contributed by atoms with van der Waals surface area (Å²) in [7, 11) is 0. The minimum atomic E-state index is -0.221. The topological polar surface area (TPSA) is 59.8 Å².